The Bertz CT molecular complexity index is 1220. The highest BCUT2D eigenvalue weighted by Gasteiger charge is 2.11. The van der Waals surface area contributed by atoms with Crippen LogP contribution in [-0.2, 0) is 6.54 Å². The van der Waals surface area contributed by atoms with E-state index in [1.54, 1.807) is 0 Å². The molecule has 3 aromatic carbocycles. The quantitative estimate of drug-likeness (QED) is 0.454. The molecule has 0 aliphatic rings. The molecular weight excluding hydrogens is 384 g/mol. The van der Waals surface area contributed by atoms with E-state index in [-0.39, 0.29) is 5.91 Å². The first-order valence-corrected chi connectivity index (χ1v) is 10.3. The Labute approximate surface area is 182 Å². The van der Waals surface area contributed by atoms with Crippen molar-refractivity contribution in [1.29, 1.82) is 0 Å². The summed E-state index contributed by atoms with van der Waals surface area (Å²) in [6.07, 6.45) is 0. The van der Waals surface area contributed by atoms with Gasteiger partial charge >= 0.3 is 0 Å². The number of fused-ring (bicyclic) bond motifs is 1. The topological polar surface area (TPSA) is 57.3 Å². The Balaban J connectivity index is 1.53. The molecule has 4 aromatic rings. The first kappa shape index (κ1) is 20.4. The smallest absolute Gasteiger partial charge is 0.251 e. The van der Waals surface area contributed by atoms with Gasteiger partial charge in [-0.25, -0.2) is 4.98 Å². The first-order valence-electron chi connectivity index (χ1n) is 10.3. The lowest BCUT2D eigenvalue weighted by Crippen LogP contribution is -2.22. The summed E-state index contributed by atoms with van der Waals surface area (Å²) >= 11 is 0. The van der Waals surface area contributed by atoms with E-state index in [0.717, 1.165) is 39.2 Å². The van der Waals surface area contributed by atoms with Crippen LogP contribution in [0.1, 0.15) is 21.5 Å². The Morgan fingerprint density at radius 2 is 1.68 bits per heavy atom. The summed E-state index contributed by atoms with van der Waals surface area (Å²) < 4.78 is 0. The van der Waals surface area contributed by atoms with Crippen molar-refractivity contribution in [2.75, 3.05) is 24.3 Å². The molecule has 0 aliphatic heterocycles. The van der Waals surface area contributed by atoms with Crippen molar-refractivity contribution in [2.24, 2.45) is 0 Å². The van der Waals surface area contributed by atoms with Crippen LogP contribution < -0.4 is 15.5 Å². The van der Waals surface area contributed by atoms with Gasteiger partial charge in [-0.2, -0.15) is 0 Å². The minimum atomic E-state index is -0.0859. The highest BCUT2D eigenvalue weighted by Crippen LogP contribution is 2.29. The van der Waals surface area contributed by atoms with Crippen molar-refractivity contribution in [3.05, 3.63) is 95.6 Å². The van der Waals surface area contributed by atoms with Crippen LogP contribution in [0.15, 0.2) is 78.9 Å². The second-order valence-electron chi connectivity index (χ2n) is 7.76. The van der Waals surface area contributed by atoms with Gasteiger partial charge in [-0.3, -0.25) is 4.79 Å². The van der Waals surface area contributed by atoms with Gasteiger partial charge in [0.05, 0.1) is 5.52 Å². The number of aromatic nitrogens is 1. The highest BCUT2D eigenvalue weighted by atomic mass is 16.1. The number of aryl methyl sites for hydroxylation is 1. The van der Waals surface area contributed by atoms with Crippen LogP contribution >= 0.6 is 0 Å². The van der Waals surface area contributed by atoms with Crippen LogP contribution in [0.3, 0.4) is 0 Å². The van der Waals surface area contributed by atoms with Gasteiger partial charge < -0.3 is 15.5 Å². The van der Waals surface area contributed by atoms with Crippen molar-refractivity contribution in [1.82, 2.24) is 10.3 Å². The second kappa shape index (κ2) is 8.88. The number of anilines is 3. The van der Waals surface area contributed by atoms with Crippen LogP contribution in [0.5, 0.6) is 0 Å². The van der Waals surface area contributed by atoms with Crippen LogP contribution in [0.2, 0.25) is 0 Å². The summed E-state index contributed by atoms with van der Waals surface area (Å²) in [5.41, 5.74) is 5.65. The Morgan fingerprint density at radius 1 is 0.935 bits per heavy atom. The van der Waals surface area contributed by atoms with Gasteiger partial charge in [0.15, 0.2) is 0 Å². The number of para-hydroxylation sites is 1. The Hall–Kier alpha value is -3.86. The van der Waals surface area contributed by atoms with Crippen molar-refractivity contribution in [3.63, 3.8) is 0 Å². The van der Waals surface area contributed by atoms with E-state index in [1.807, 2.05) is 93.8 Å². The number of amides is 1. The molecule has 5 heteroatoms. The molecule has 0 aliphatic carbocycles. The Morgan fingerprint density at radius 3 is 2.42 bits per heavy atom. The van der Waals surface area contributed by atoms with Crippen molar-refractivity contribution in [3.8, 4) is 0 Å². The predicted molar refractivity (Wildman–Crippen MR) is 128 cm³/mol. The first-order chi connectivity index (χ1) is 15.0. The fourth-order valence-corrected chi connectivity index (χ4v) is 3.55. The molecule has 0 saturated heterocycles. The van der Waals surface area contributed by atoms with Crippen molar-refractivity contribution < 1.29 is 4.79 Å². The van der Waals surface area contributed by atoms with E-state index in [1.165, 1.54) is 0 Å². The molecule has 4 rings (SSSR count). The number of nitrogens with zero attached hydrogens (tertiary/aromatic N) is 2. The SMILES string of the molecule is Cc1cc(C(=O)NCc2ccccc2)ccc1Nc1cc(N(C)C)c2ccccc2n1. The zero-order valence-corrected chi connectivity index (χ0v) is 18.0. The maximum absolute atomic E-state index is 12.6. The summed E-state index contributed by atoms with van der Waals surface area (Å²) in [6, 6.07) is 25.7. The lowest BCUT2D eigenvalue weighted by Gasteiger charge is -2.18. The summed E-state index contributed by atoms with van der Waals surface area (Å²) in [7, 11) is 4.05. The predicted octanol–water partition coefficient (Wildman–Crippen LogP) is 5.28. The van der Waals surface area contributed by atoms with Crippen LogP contribution in [0.4, 0.5) is 17.2 Å². The molecule has 0 saturated carbocycles. The number of carbonyl (C=O) groups excluding carboxylic acids is 1. The number of carbonyl (C=O) groups is 1. The van der Waals surface area contributed by atoms with Crippen LogP contribution in [0, 0.1) is 6.92 Å². The van der Waals surface area contributed by atoms with Gasteiger partial charge in [0.25, 0.3) is 5.91 Å². The normalized spacial score (nSPS) is 10.7. The van der Waals surface area contributed by atoms with Gasteiger partial charge in [0.1, 0.15) is 5.82 Å². The fraction of sp³-hybridized carbons (Fsp3) is 0.154. The van der Waals surface area contributed by atoms with E-state index < -0.39 is 0 Å². The maximum Gasteiger partial charge on any atom is 0.251 e. The standard InChI is InChI=1S/C26H26N4O/c1-18-15-20(26(31)27-17-19-9-5-4-6-10-19)13-14-22(18)28-25-16-24(30(2)3)21-11-7-8-12-23(21)29-25/h4-16H,17H2,1-3H3,(H,27,31)(H,28,29). The Kier molecular flexibility index (Phi) is 5.85. The van der Waals surface area contributed by atoms with Gasteiger partial charge in [0.2, 0.25) is 0 Å². The van der Waals surface area contributed by atoms with E-state index in [2.05, 4.69) is 21.6 Å². The van der Waals surface area contributed by atoms with Gasteiger partial charge in [-0.05, 0) is 42.3 Å². The molecule has 5 nitrogen and oxygen atoms in total. The molecule has 2 N–H and O–H groups in total. The zero-order valence-electron chi connectivity index (χ0n) is 18.0. The monoisotopic (exact) mass is 410 g/mol. The lowest BCUT2D eigenvalue weighted by molar-refractivity contribution is 0.0951. The molecule has 1 aromatic heterocycles. The van der Waals surface area contributed by atoms with Crippen LogP contribution in [-0.4, -0.2) is 25.0 Å². The number of rotatable bonds is 6. The molecule has 0 unspecified atom stereocenters. The molecule has 31 heavy (non-hydrogen) atoms. The molecule has 1 amide bonds. The number of benzene rings is 3. The second-order valence-corrected chi connectivity index (χ2v) is 7.76. The summed E-state index contributed by atoms with van der Waals surface area (Å²) in [5, 5.41) is 7.50. The summed E-state index contributed by atoms with van der Waals surface area (Å²) in [5.74, 6) is 0.684. The third-order valence-electron chi connectivity index (χ3n) is 5.22. The van der Waals surface area contributed by atoms with E-state index in [4.69, 9.17) is 4.98 Å². The average molecular weight is 411 g/mol. The largest absolute Gasteiger partial charge is 0.377 e. The van der Waals surface area contributed by atoms with Crippen molar-refractivity contribution in [2.45, 2.75) is 13.5 Å². The minimum absolute atomic E-state index is 0.0859. The minimum Gasteiger partial charge on any atom is -0.377 e. The van der Waals surface area contributed by atoms with Gasteiger partial charge in [0, 0.05) is 49.0 Å². The number of hydrogen-bond acceptors (Lipinski definition) is 4. The lowest BCUT2D eigenvalue weighted by atomic mass is 10.1. The zero-order chi connectivity index (χ0) is 21.8. The van der Waals surface area contributed by atoms with E-state index in [9.17, 15) is 4.79 Å². The van der Waals surface area contributed by atoms with E-state index in [0.29, 0.717) is 12.1 Å². The summed E-state index contributed by atoms with van der Waals surface area (Å²) in [4.78, 5) is 19.4. The van der Waals surface area contributed by atoms with Gasteiger partial charge in [-0.15, -0.1) is 0 Å². The van der Waals surface area contributed by atoms with Crippen molar-refractivity contribution >= 4 is 34.0 Å². The molecular formula is C26H26N4O. The molecule has 0 fully saturated rings. The molecule has 0 spiro atoms. The van der Waals surface area contributed by atoms with Gasteiger partial charge in [-0.1, -0.05) is 48.5 Å². The third kappa shape index (κ3) is 4.67. The highest BCUT2D eigenvalue weighted by molar-refractivity contribution is 5.95. The molecule has 0 radical (unpaired) electrons. The number of nitrogens with one attached hydrogen (secondary N) is 2. The van der Waals surface area contributed by atoms with Crippen LogP contribution in [0.25, 0.3) is 10.9 Å². The fourth-order valence-electron chi connectivity index (χ4n) is 3.55. The maximum atomic E-state index is 12.6. The number of hydrogen-bond donors (Lipinski definition) is 2. The average Bonchev–Trinajstić information content (AvgIpc) is 2.79. The van der Waals surface area contributed by atoms with E-state index >= 15 is 0 Å². The molecule has 1 heterocycles. The molecule has 0 atom stereocenters. The third-order valence-corrected chi connectivity index (χ3v) is 5.22. The number of pyridine rings is 1. The summed E-state index contributed by atoms with van der Waals surface area (Å²) in [6.45, 7) is 2.50. The molecule has 0 bridgehead atoms. The molecule has 156 valence electrons.